The summed E-state index contributed by atoms with van der Waals surface area (Å²) >= 11 is 0. The average molecular weight is 318 g/mol. The molecule has 7 heteroatoms. The minimum atomic E-state index is 0.00589. The molecule has 0 aliphatic carbocycles. The van der Waals surface area contributed by atoms with Crippen LogP contribution in [0.3, 0.4) is 0 Å². The van der Waals surface area contributed by atoms with Crippen LogP contribution in [-0.4, -0.2) is 9.97 Å². The second-order valence-corrected chi connectivity index (χ2v) is 5.00. The highest BCUT2D eigenvalue weighted by Gasteiger charge is 2.13. The second-order valence-electron chi connectivity index (χ2n) is 5.00. The van der Waals surface area contributed by atoms with Crippen molar-refractivity contribution in [2.24, 2.45) is 0 Å². The summed E-state index contributed by atoms with van der Waals surface area (Å²) in [5.41, 5.74) is 18.9. The monoisotopic (exact) mass is 318 g/mol. The first-order valence-corrected chi connectivity index (χ1v) is 7.04. The molecule has 0 saturated carbocycles. The molecule has 0 spiro atoms. The molecule has 1 aromatic heterocycles. The highest BCUT2D eigenvalue weighted by atomic mass is 16.5. The molecule has 3 rings (SSSR count). The topological polar surface area (TPSA) is 137 Å². The zero-order valence-electron chi connectivity index (χ0n) is 12.6. The lowest BCUT2D eigenvalue weighted by Crippen LogP contribution is -2.05. The van der Waals surface area contributed by atoms with E-state index in [9.17, 15) is 5.26 Å². The van der Waals surface area contributed by atoms with Gasteiger partial charge in [0.1, 0.15) is 28.9 Å². The van der Waals surface area contributed by atoms with E-state index in [0.717, 1.165) is 0 Å². The van der Waals surface area contributed by atoms with Crippen LogP contribution in [0.4, 0.5) is 17.5 Å². The minimum Gasteiger partial charge on any atom is -0.457 e. The summed E-state index contributed by atoms with van der Waals surface area (Å²) in [5.74, 6) is 1.27. The van der Waals surface area contributed by atoms with Crippen molar-refractivity contribution >= 4 is 17.5 Å². The molecule has 0 amide bonds. The molecule has 3 aromatic rings. The first-order chi connectivity index (χ1) is 11.6. The number of nitriles is 1. The maximum atomic E-state index is 9.29. The second kappa shape index (κ2) is 6.14. The Morgan fingerprint density at radius 3 is 2.38 bits per heavy atom. The summed E-state index contributed by atoms with van der Waals surface area (Å²) in [6, 6.07) is 16.2. The molecule has 1 heterocycles. The number of hydrogen-bond acceptors (Lipinski definition) is 7. The van der Waals surface area contributed by atoms with Gasteiger partial charge in [-0.25, -0.2) is 4.98 Å². The van der Waals surface area contributed by atoms with Crippen LogP contribution in [0.5, 0.6) is 11.5 Å². The number of hydrogen-bond donors (Lipinski definition) is 3. The van der Waals surface area contributed by atoms with Crippen molar-refractivity contribution in [1.82, 2.24) is 9.97 Å². The number of nitrogens with zero attached hydrogens (tertiary/aromatic N) is 3. The standard InChI is InChI=1S/C17H14N6O/c18-9-14-15(22-17(21)23-16(14)20)10-2-1-3-13(8-10)24-12-6-4-11(19)5-7-12/h1-8H,19H2,(H4,20,21,22,23). The van der Waals surface area contributed by atoms with E-state index in [4.69, 9.17) is 21.9 Å². The first-order valence-electron chi connectivity index (χ1n) is 7.04. The molecule has 2 aromatic carbocycles. The van der Waals surface area contributed by atoms with Gasteiger partial charge in [-0.05, 0) is 36.4 Å². The number of ether oxygens (including phenoxy) is 1. The number of rotatable bonds is 3. The predicted molar refractivity (Wildman–Crippen MR) is 91.9 cm³/mol. The third-order valence-corrected chi connectivity index (χ3v) is 3.29. The molecular weight excluding hydrogens is 304 g/mol. The fourth-order valence-electron chi connectivity index (χ4n) is 2.19. The van der Waals surface area contributed by atoms with Crippen molar-refractivity contribution < 1.29 is 4.74 Å². The lowest BCUT2D eigenvalue weighted by atomic mass is 10.1. The number of nitrogen functional groups attached to an aromatic ring is 3. The molecule has 0 aliphatic rings. The molecule has 0 fully saturated rings. The van der Waals surface area contributed by atoms with Gasteiger partial charge in [0.2, 0.25) is 5.95 Å². The Labute approximate surface area is 138 Å². The predicted octanol–water partition coefficient (Wildman–Crippen LogP) is 2.55. The quantitative estimate of drug-likeness (QED) is 0.631. The van der Waals surface area contributed by atoms with Crippen molar-refractivity contribution in [3.63, 3.8) is 0 Å². The van der Waals surface area contributed by atoms with Crippen molar-refractivity contribution in [1.29, 1.82) is 5.26 Å². The molecule has 24 heavy (non-hydrogen) atoms. The summed E-state index contributed by atoms with van der Waals surface area (Å²) in [5, 5.41) is 9.29. The largest absolute Gasteiger partial charge is 0.457 e. The van der Waals surface area contributed by atoms with E-state index in [2.05, 4.69) is 9.97 Å². The van der Waals surface area contributed by atoms with Crippen LogP contribution in [0, 0.1) is 11.3 Å². The summed E-state index contributed by atoms with van der Waals surface area (Å²) in [7, 11) is 0. The highest BCUT2D eigenvalue weighted by Crippen LogP contribution is 2.30. The molecule has 7 nitrogen and oxygen atoms in total. The van der Waals surface area contributed by atoms with Crippen LogP contribution in [0.15, 0.2) is 48.5 Å². The molecule has 0 bridgehead atoms. The van der Waals surface area contributed by atoms with Crippen LogP contribution in [0.1, 0.15) is 5.56 Å². The van der Waals surface area contributed by atoms with Gasteiger partial charge in [0.05, 0.1) is 5.69 Å². The maximum Gasteiger partial charge on any atom is 0.222 e. The Morgan fingerprint density at radius 1 is 0.917 bits per heavy atom. The fraction of sp³-hybridized carbons (Fsp3) is 0. The lowest BCUT2D eigenvalue weighted by molar-refractivity contribution is 0.483. The molecular formula is C17H14N6O. The number of aromatic nitrogens is 2. The van der Waals surface area contributed by atoms with Crippen molar-refractivity contribution in [3.05, 3.63) is 54.1 Å². The van der Waals surface area contributed by atoms with Gasteiger partial charge in [-0.3, -0.25) is 0 Å². The van der Waals surface area contributed by atoms with E-state index in [1.54, 1.807) is 48.5 Å². The molecule has 0 radical (unpaired) electrons. The number of nitrogens with two attached hydrogens (primary N) is 3. The SMILES string of the molecule is N#Cc1c(N)nc(N)nc1-c1cccc(Oc2ccc(N)cc2)c1. The Bertz CT molecular complexity index is 931. The molecule has 0 saturated heterocycles. The van der Waals surface area contributed by atoms with Gasteiger partial charge < -0.3 is 21.9 Å². The minimum absolute atomic E-state index is 0.00589. The molecule has 0 aliphatic heterocycles. The van der Waals surface area contributed by atoms with E-state index in [-0.39, 0.29) is 17.3 Å². The van der Waals surface area contributed by atoms with Gasteiger partial charge in [-0.15, -0.1) is 0 Å². The lowest BCUT2D eigenvalue weighted by Gasteiger charge is -2.10. The number of benzene rings is 2. The van der Waals surface area contributed by atoms with Gasteiger partial charge in [0.25, 0.3) is 0 Å². The van der Waals surface area contributed by atoms with Crippen LogP contribution >= 0.6 is 0 Å². The van der Waals surface area contributed by atoms with Gasteiger partial charge in [0, 0.05) is 11.3 Å². The normalized spacial score (nSPS) is 10.1. The van der Waals surface area contributed by atoms with Gasteiger partial charge >= 0.3 is 0 Å². The maximum absolute atomic E-state index is 9.29. The third kappa shape index (κ3) is 3.03. The van der Waals surface area contributed by atoms with Crippen LogP contribution in [-0.2, 0) is 0 Å². The summed E-state index contributed by atoms with van der Waals surface area (Å²) in [6.07, 6.45) is 0. The third-order valence-electron chi connectivity index (χ3n) is 3.29. The Kier molecular flexibility index (Phi) is 3.87. The zero-order valence-corrected chi connectivity index (χ0v) is 12.6. The summed E-state index contributed by atoms with van der Waals surface area (Å²) < 4.78 is 5.79. The number of anilines is 3. The van der Waals surface area contributed by atoms with Crippen LogP contribution in [0.25, 0.3) is 11.3 Å². The van der Waals surface area contributed by atoms with E-state index in [0.29, 0.717) is 28.4 Å². The van der Waals surface area contributed by atoms with Crippen LogP contribution < -0.4 is 21.9 Å². The smallest absolute Gasteiger partial charge is 0.222 e. The summed E-state index contributed by atoms with van der Waals surface area (Å²) in [6.45, 7) is 0. The van der Waals surface area contributed by atoms with Crippen molar-refractivity contribution in [2.45, 2.75) is 0 Å². The van der Waals surface area contributed by atoms with Crippen molar-refractivity contribution in [2.75, 3.05) is 17.2 Å². The van der Waals surface area contributed by atoms with E-state index in [1.165, 1.54) is 0 Å². The molecule has 0 atom stereocenters. The first kappa shape index (κ1) is 15.1. The van der Waals surface area contributed by atoms with E-state index < -0.39 is 0 Å². The molecule has 0 unspecified atom stereocenters. The van der Waals surface area contributed by atoms with Gasteiger partial charge in [-0.2, -0.15) is 10.2 Å². The van der Waals surface area contributed by atoms with E-state index in [1.807, 2.05) is 6.07 Å². The van der Waals surface area contributed by atoms with Gasteiger partial charge in [0.15, 0.2) is 0 Å². The molecule has 6 N–H and O–H groups in total. The average Bonchev–Trinajstić information content (AvgIpc) is 2.57. The Balaban J connectivity index is 2.00. The summed E-state index contributed by atoms with van der Waals surface area (Å²) in [4.78, 5) is 7.93. The van der Waals surface area contributed by atoms with Crippen LogP contribution in [0.2, 0.25) is 0 Å². The highest BCUT2D eigenvalue weighted by molar-refractivity contribution is 5.73. The Morgan fingerprint density at radius 2 is 1.67 bits per heavy atom. The van der Waals surface area contributed by atoms with E-state index >= 15 is 0 Å². The fourth-order valence-corrected chi connectivity index (χ4v) is 2.19. The Hall–Kier alpha value is -3.79. The van der Waals surface area contributed by atoms with Gasteiger partial charge in [-0.1, -0.05) is 12.1 Å². The molecule has 118 valence electrons. The van der Waals surface area contributed by atoms with Crippen molar-refractivity contribution in [3.8, 4) is 28.8 Å². The zero-order chi connectivity index (χ0) is 17.1.